The molecule has 0 radical (unpaired) electrons. The molecule has 0 atom stereocenters. The van der Waals surface area contributed by atoms with Gasteiger partial charge in [0.25, 0.3) is 5.91 Å². The van der Waals surface area contributed by atoms with E-state index in [9.17, 15) is 4.79 Å². The van der Waals surface area contributed by atoms with Crippen molar-refractivity contribution < 1.29 is 9.53 Å². The number of piperidine rings is 1. The number of carbonyl (C=O) groups excluding carboxylic acids is 1. The quantitative estimate of drug-likeness (QED) is 0.403. The van der Waals surface area contributed by atoms with Gasteiger partial charge < -0.3 is 19.9 Å². The molecule has 1 aliphatic carbocycles. The van der Waals surface area contributed by atoms with Crippen LogP contribution in [0.25, 0.3) is 10.9 Å². The fourth-order valence-corrected chi connectivity index (χ4v) is 5.82. The molecule has 2 aromatic carbocycles. The van der Waals surface area contributed by atoms with Crippen LogP contribution in [0.4, 0.5) is 17.1 Å². The highest BCUT2D eigenvalue weighted by molar-refractivity contribution is 6.01. The monoisotopic (exact) mass is 484 g/mol. The van der Waals surface area contributed by atoms with Crippen molar-refractivity contribution in [2.45, 2.75) is 57.5 Å². The molecule has 0 bridgehead atoms. The Balaban J connectivity index is 1.34. The lowest BCUT2D eigenvalue weighted by molar-refractivity contribution is -0.114. The second-order valence-electron chi connectivity index (χ2n) is 9.98. The zero-order valence-corrected chi connectivity index (χ0v) is 21.4. The van der Waals surface area contributed by atoms with E-state index in [1.165, 1.54) is 31.8 Å². The van der Waals surface area contributed by atoms with Crippen LogP contribution in [-0.4, -0.2) is 48.1 Å². The third-order valence-corrected chi connectivity index (χ3v) is 7.69. The van der Waals surface area contributed by atoms with E-state index in [1.54, 1.807) is 7.11 Å². The van der Waals surface area contributed by atoms with E-state index >= 15 is 0 Å². The molecule has 1 aliphatic heterocycles. The molecule has 2 fully saturated rings. The number of pyridine rings is 1. The highest BCUT2D eigenvalue weighted by atomic mass is 16.5. The van der Waals surface area contributed by atoms with Gasteiger partial charge in [-0.05, 0) is 87.2 Å². The van der Waals surface area contributed by atoms with E-state index in [2.05, 4.69) is 21.8 Å². The van der Waals surface area contributed by atoms with Crippen molar-refractivity contribution in [1.82, 2.24) is 9.88 Å². The van der Waals surface area contributed by atoms with Crippen LogP contribution in [-0.2, 0) is 4.79 Å². The summed E-state index contributed by atoms with van der Waals surface area (Å²) in [5.41, 5.74) is 4.71. The lowest BCUT2D eigenvalue weighted by Gasteiger charge is -2.40. The minimum Gasteiger partial charge on any atom is -0.497 e. The summed E-state index contributed by atoms with van der Waals surface area (Å²) in [6.45, 7) is 7.90. The fraction of sp³-hybridized carbons (Fsp3) is 0.400. The molecule has 2 heterocycles. The normalized spacial score (nSPS) is 17.3. The topological polar surface area (TPSA) is 57.7 Å². The summed E-state index contributed by atoms with van der Waals surface area (Å²) in [6, 6.07) is 17.0. The minimum atomic E-state index is -0.0297. The number of rotatable bonds is 7. The van der Waals surface area contributed by atoms with E-state index in [0.29, 0.717) is 0 Å². The van der Waals surface area contributed by atoms with E-state index in [1.807, 2.05) is 60.4 Å². The first-order valence-corrected chi connectivity index (χ1v) is 13.1. The second kappa shape index (κ2) is 10.7. The number of anilines is 3. The van der Waals surface area contributed by atoms with Gasteiger partial charge >= 0.3 is 0 Å². The molecule has 0 spiro atoms. The second-order valence-corrected chi connectivity index (χ2v) is 9.98. The molecular weight excluding hydrogens is 448 g/mol. The summed E-state index contributed by atoms with van der Waals surface area (Å²) < 4.78 is 5.42. The molecule has 3 aromatic rings. The van der Waals surface area contributed by atoms with Gasteiger partial charge in [-0.2, -0.15) is 0 Å². The number of nitrogens with one attached hydrogen (secondary N) is 1. The molecule has 188 valence electrons. The van der Waals surface area contributed by atoms with Crippen molar-refractivity contribution in [3.63, 3.8) is 0 Å². The maximum Gasteiger partial charge on any atom is 0.250 e. The number of ether oxygens (including phenoxy) is 1. The van der Waals surface area contributed by atoms with Gasteiger partial charge in [-0.3, -0.25) is 9.78 Å². The van der Waals surface area contributed by atoms with Crippen LogP contribution < -0.4 is 15.0 Å². The number of carbonyl (C=O) groups is 1. The first-order valence-electron chi connectivity index (χ1n) is 13.1. The molecule has 0 unspecified atom stereocenters. The number of hydrogen-bond acceptors (Lipinski definition) is 5. The number of likely N-dealkylation sites (tertiary alicyclic amines) is 1. The van der Waals surface area contributed by atoms with Gasteiger partial charge in [0, 0.05) is 53.3 Å². The highest BCUT2D eigenvalue weighted by Crippen LogP contribution is 2.32. The van der Waals surface area contributed by atoms with Crippen molar-refractivity contribution in [2.24, 2.45) is 0 Å². The van der Waals surface area contributed by atoms with Gasteiger partial charge in [-0.1, -0.05) is 19.4 Å². The molecule has 6 heteroatoms. The smallest absolute Gasteiger partial charge is 0.250 e. The number of methoxy groups -OCH3 is 1. The van der Waals surface area contributed by atoms with Crippen LogP contribution >= 0.6 is 0 Å². The molecule has 1 aromatic heterocycles. The number of hydrogen-bond donors (Lipinski definition) is 1. The Morgan fingerprint density at radius 2 is 1.81 bits per heavy atom. The summed E-state index contributed by atoms with van der Waals surface area (Å²) in [5.74, 6) is 0.766. The number of benzene rings is 2. The predicted molar refractivity (Wildman–Crippen MR) is 147 cm³/mol. The van der Waals surface area contributed by atoms with Crippen molar-refractivity contribution in [1.29, 1.82) is 0 Å². The number of aryl methyl sites for hydroxylation is 1. The van der Waals surface area contributed by atoms with E-state index < -0.39 is 0 Å². The summed E-state index contributed by atoms with van der Waals surface area (Å²) in [7, 11) is 1.67. The van der Waals surface area contributed by atoms with Gasteiger partial charge in [-0.15, -0.1) is 0 Å². The predicted octanol–water partition coefficient (Wildman–Crippen LogP) is 6.22. The molecular formula is C30H36N4O2. The summed E-state index contributed by atoms with van der Waals surface area (Å²) >= 11 is 0. The molecule has 2 aliphatic rings. The molecule has 36 heavy (non-hydrogen) atoms. The number of nitrogens with zero attached hydrogens (tertiary/aromatic N) is 3. The van der Waals surface area contributed by atoms with Crippen molar-refractivity contribution >= 4 is 33.9 Å². The maximum absolute atomic E-state index is 12.9. The van der Waals surface area contributed by atoms with Crippen LogP contribution in [0.3, 0.4) is 0 Å². The van der Waals surface area contributed by atoms with Crippen LogP contribution in [0.1, 0.15) is 44.2 Å². The first kappa shape index (κ1) is 24.3. The third kappa shape index (κ3) is 5.09. The standard InChI is InChI=1S/C30H36N4O2/c1-4-30(35)34(25-15-17-33(18-16-25)23-7-5-6-8-23)24-11-9-22(10-12-24)32-29-19-21(2)31-28-14-13-26(36-3)20-27(28)29/h4,9-14,19-20,23,25H,1,5-8,15-18H2,2-3H3,(H,31,32). The van der Waals surface area contributed by atoms with Crippen LogP contribution in [0.2, 0.25) is 0 Å². The van der Waals surface area contributed by atoms with Crippen LogP contribution in [0.15, 0.2) is 61.2 Å². The Bertz CT molecular complexity index is 1230. The number of amides is 1. The van der Waals surface area contributed by atoms with Gasteiger partial charge in [0.15, 0.2) is 0 Å². The Morgan fingerprint density at radius 3 is 2.47 bits per heavy atom. The van der Waals surface area contributed by atoms with E-state index in [4.69, 9.17) is 4.74 Å². The summed E-state index contributed by atoms with van der Waals surface area (Å²) in [6.07, 6.45) is 8.80. The average Bonchev–Trinajstić information content (AvgIpc) is 3.45. The molecule has 1 saturated carbocycles. The molecule has 5 rings (SSSR count). The van der Waals surface area contributed by atoms with Crippen molar-refractivity contribution in [3.05, 3.63) is 66.9 Å². The largest absolute Gasteiger partial charge is 0.497 e. The van der Waals surface area contributed by atoms with Crippen molar-refractivity contribution in [2.75, 3.05) is 30.4 Å². The highest BCUT2D eigenvalue weighted by Gasteiger charge is 2.31. The number of fused-ring (bicyclic) bond motifs is 1. The molecule has 1 saturated heterocycles. The number of aromatic nitrogens is 1. The Labute approximate surface area is 214 Å². The SMILES string of the molecule is C=CC(=O)N(c1ccc(Nc2cc(C)nc3ccc(OC)cc23)cc1)C1CCN(C2CCCC2)CC1. The lowest BCUT2D eigenvalue weighted by Crippen LogP contribution is -2.49. The fourth-order valence-electron chi connectivity index (χ4n) is 5.82. The Hall–Kier alpha value is -3.38. The minimum absolute atomic E-state index is 0.0297. The summed E-state index contributed by atoms with van der Waals surface area (Å²) in [4.78, 5) is 22.2. The van der Waals surface area contributed by atoms with E-state index in [0.717, 1.165) is 71.4 Å². The lowest BCUT2D eigenvalue weighted by atomic mass is 9.99. The third-order valence-electron chi connectivity index (χ3n) is 7.69. The Kier molecular flexibility index (Phi) is 7.23. The van der Waals surface area contributed by atoms with Crippen LogP contribution in [0, 0.1) is 6.92 Å². The zero-order chi connectivity index (χ0) is 25.1. The van der Waals surface area contributed by atoms with Crippen molar-refractivity contribution in [3.8, 4) is 5.75 Å². The summed E-state index contributed by atoms with van der Waals surface area (Å²) in [5, 5.41) is 4.54. The van der Waals surface area contributed by atoms with E-state index in [-0.39, 0.29) is 11.9 Å². The van der Waals surface area contributed by atoms with Gasteiger partial charge in [0.05, 0.1) is 12.6 Å². The van der Waals surface area contributed by atoms with Gasteiger partial charge in [0.2, 0.25) is 0 Å². The zero-order valence-electron chi connectivity index (χ0n) is 21.4. The van der Waals surface area contributed by atoms with Gasteiger partial charge in [-0.25, -0.2) is 0 Å². The first-order chi connectivity index (χ1) is 17.6. The van der Waals surface area contributed by atoms with Gasteiger partial charge in [0.1, 0.15) is 5.75 Å². The maximum atomic E-state index is 12.9. The molecule has 1 amide bonds. The molecule has 6 nitrogen and oxygen atoms in total. The van der Waals surface area contributed by atoms with Crippen LogP contribution in [0.5, 0.6) is 5.75 Å². The average molecular weight is 485 g/mol. The molecule has 1 N–H and O–H groups in total. The Morgan fingerprint density at radius 1 is 1.08 bits per heavy atom.